The van der Waals surface area contributed by atoms with E-state index >= 15 is 0 Å². The molecule has 1 amide bonds. The number of rotatable bonds is 5. The molecule has 0 aliphatic rings. The molecule has 5 nitrogen and oxygen atoms in total. The maximum Gasteiger partial charge on any atom is 0.455 e. The van der Waals surface area contributed by atoms with Gasteiger partial charge in [-0.2, -0.15) is 22.0 Å². The van der Waals surface area contributed by atoms with Crippen molar-refractivity contribution in [3.8, 4) is 0 Å². The SMILES string of the molecule is CCC(O)(C(=O)O)C(=O)NCC(F)(F)C(F)(F)F. The van der Waals surface area contributed by atoms with Crippen LogP contribution < -0.4 is 5.32 Å². The number of amides is 1. The zero-order chi connectivity index (χ0) is 14.8. The van der Waals surface area contributed by atoms with Gasteiger partial charge >= 0.3 is 18.1 Å². The van der Waals surface area contributed by atoms with Crippen molar-refractivity contribution in [2.45, 2.75) is 31.0 Å². The van der Waals surface area contributed by atoms with Crippen molar-refractivity contribution in [3.05, 3.63) is 0 Å². The van der Waals surface area contributed by atoms with Crippen molar-refractivity contribution in [3.63, 3.8) is 0 Å². The maximum atomic E-state index is 12.4. The summed E-state index contributed by atoms with van der Waals surface area (Å²) in [5, 5.41) is 18.8. The van der Waals surface area contributed by atoms with Crippen LogP contribution in [-0.4, -0.2) is 46.3 Å². The Bertz CT molecular complexity index is 343. The third-order valence-electron chi connectivity index (χ3n) is 2.13. The first-order valence-corrected chi connectivity index (χ1v) is 4.57. The molecule has 0 aromatic heterocycles. The van der Waals surface area contributed by atoms with E-state index in [2.05, 4.69) is 0 Å². The lowest BCUT2D eigenvalue weighted by molar-refractivity contribution is -0.279. The van der Waals surface area contributed by atoms with E-state index in [-0.39, 0.29) is 0 Å². The zero-order valence-corrected chi connectivity index (χ0v) is 9.01. The zero-order valence-electron chi connectivity index (χ0n) is 9.01. The van der Waals surface area contributed by atoms with Gasteiger partial charge in [-0.1, -0.05) is 6.92 Å². The normalized spacial score (nSPS) is 15.9. The van der Waals surface area contributed by atoms with E-state index in [1.165, 1.54) is 0 Å². The summed E-state index contributed by atoms with van der Waals surface area (Å²) >= 11 is 0. The number of carboxylic acids is 1. The molecule has 3 N–H and O–H groups in total. The fourth-order valence-corrected chi connectivity index (χ4v) is 0.847. The van der Waals surface area contributed by atoms with Gasteiger partial charge in [0.2, 0.25) is 5.60 Å². The van der Waals surface area contributed by atoms with Gasteiger partial charge in [0.15, 0.2) is 0 Å². The van der Waals surface area contributed by atoms with Crippen LogP contribution in [0.1, 0.15) is 13.3 Å². The second-order valence-corrected chi connectivity index (χ2v) is 3.40. The molecule has 0 spiro atoms. The van der Waals surface area contributed by atoms with Crippen LogP contribution >= 0.6 is 0 Å². The van der Waals surface area contributed by atoms with Crippen LogP contribution in [0.15, 0.2) is 0 Å². The van der Waals surface area contributed by atoms with Gasteiger partial charge in [0.1, 0.15) is 0 Å². The summed E-state index contributed by atoms with van der Waals surface area (Å²) < 4.78 is 60.1. The summed E-state index contributed by atoms with van der Waals surface area (Å²) in [5.41, 5.74) is -3.04. The Morgan fingerprint density at radius 2 is 1.61 bits per heavy atom. The van der Waals surface area contributed by atoms with E-state index < -0.39 is 42.5 Å². The Balaban J connectivity index is 4.76. The fraction of sp³-hybridized carbons (Fsp3) is 0.750. The van der Waals surface area contributed by atoms with Crippen molar-refractivity contribution >= 4 is 11.9 Å². The first-order valence-electron chi connectivity index (χ1n) is 4.57. The predicted octanol–water partition coefficient (Wildman–Crippen LogP) is 0.526. The Morgan fingerprint density at radius 1 is 1.17 bits per heavy atom. The smallest absolute Gasteiger partial charge is 0.455 e. The van der Waals surface area contributed by atoms with Gasteiger partial charge < -0.3 is 15.5 Å². The highest BCUT2D eigenvalue weighted by molar-refractivity contribution is 6.04. The van der Waals surface area contributed by atoms with Crippen LogP contribution in [0.5, 0.6) is 0 Å². The monoisotopic (exact) mass is 279 g/mol. The van der Waals surface area contributed by atoms with E-state index in [1.54, 1.807) is 0 Å². The molecule has 0 aromatic carbocycles. The molecule has 0 bridgehead atoms. The van der Waals surface area contributed by atoms with E-state index in [1.807, 2.05) is 0 Å². The number of carbonyl (C=O) groups excluding carboxylic acids is 1. The third kappa shape index (κ3) is 3.28. The molecule has 10 heteroatoms. The summed E-state index contributed by atoms with van der Waals surface area (Å²) in [7, 11) is 0. The van der Waals surface area contributed by atoms with Crippen molar-refractivity contribution < 1.29 is 41.8 Å². The lowest BCUT2D eigenvalue weighted by Gasteiger charge is -2.24. The van der Waals surface area contributed by atoms with E-state index in [0.717, 1.165) is 12.2 Å². The maximum absolute atomic E-state index is 12.4. The number of carboxylic acid groups (broad SMARTS) is 1. The first kappa shape index (κ1) is 16.6. The van der Waals surface area contributed by atoms with E-state index in [9.17, 15) is 36.6 Å². The van der Waals surface area contributed by atoms with Crippen LogP contribution in [0, 0.1) is 0 Å². The summed E-state index contributed by atoms with van der Waals surface area (Å²) in [6.07, 6.45) is -6.57. The molecule has 1 unspecified atom stereocenters. The highest BCUT2D eigenvalue weighted by Crippen LogP contribution is 2.34. The molecular weight excluding hydrogens is 269 g/mol. The average molecular weight is 279 g/mol. The Labute approximate surface area is 97.6 Å². The number of carbonyl (C=O) groups is 2. The van der Waals surface area contributed by atoms with Crippen LogP contribution in [0.4, 0.5) is 22.0 Å². The lowest BCUT2D eigenvalue weighted by atomic mass is 10.00. The number of aliphatic hydroxyl groups is 1. The highest BCUT2D eigenvalue weighted by atomic mass is 19.4. The third-order valence-corrected chi connectivity index (χ3v) is 2.13. The summed E-state index contributed by atoms with van der Waals surface area (Å²) in [6, 6.07) is 0. The molecule has 0 heterocycles. The molecule has 0 saturated heterocycles. The molecular formula is C8H10F5NO4. The van der Waals surface area contributed by atoms with Crippen LogP contribution in [0.3, 0.4) is 0 Å². The molecule has 0 aliphatic carbocycles. The Hall–Kier alpha value is -1.45. The molecule has 0 radical (unpaired) electrons. The number of hydrogen-bond donors (Lipinski definition) is 3. The minimum Gasteiger partial charge on any atom is -0.479 e. The molecule has 0 fully saturated rings. The van der Waals surface area contributed by atoms with Gasteiger partial charge in [-0.05, 0) is 6.42 Å². The summed E-state index contributed by atoms with van der Waals surface area (Å²) in [6.45, 7) is -1.10. The van der Waals surface area contributed by atoms with Crippen molar-refractivity contribution in [1.82, 2.24) is 5.32 Å². The number of nitrogens with one attached hydrogen (secondary N) is 1. The Kier molecular flexibility index (Phi) is 4.64. The molecule has 0 saturated carbocycles. The average Bonchev–Trinajstić information content (AvgIpc) is 2.22. The fourth-order valence-electron chi connectivity index (χ4n) is 0.847. The van der Waals surface area contributed by atoms with Crippen LogP contribution in [-0.2, 0) is 9.59 Å². The summed E-state index contributed by atoms with van der Waals surface area (Å²) in [5.74, 6) is -9.09. The minimum atomic E-state index is -5.88. The molecule has 0 aliphatic heterocycles. The quantitative estimate of drug-likeness (QED) is 0.506. The van der Waals surface area contributed by atoms with E-state index in [0.29, 0.717) is 0 Å². The van der Waals surface area contributed by atoms with Crippen molar-refractivity contribution in [1.29, 1.82) is 0 Å². The largest absolute Gasteiger partial charge is 0.479 e. The van der Waals surface area contributed by atoms with Gasteiger partial charge in [0.25, 0.3) is 5.91 Å². The first-order chi connectivity index (χ1) is 7.88. The van der Waals surface area contributed by atoms with Gasteiger partial charge in [-0.15, -0.1) is 0 Å². The second-order valence-electron chi connectivity index (χ2n) is 3.40. The number of alkyl halides is 5. The molecule has 1 atom stereocenters. The lowest BCUT2D eigenvalue weighted by Crippen LogP contribution is -2.56. The molecule has 0 aromatic rings. The van der Waals surface area contributed by atoms with Crippen LogP contribution in [0.2, 0.25) is 0 Å². The molecule has 18 heavy (non-hydrogen) atoms. The topological polar surface area (TPSA) is 86.6 Å². The van der Waals surface area contributed by atoms with Gasteiger partial charge in [0.05, 0.1) is 6.54 Å². The number of halogens is 5. The van der Waals surface area contributed by atoms with Crippen molar-refractivity contribution in [2.24, 2.45) is 0 Å². The van der Waals surface area contributed by atoms with Gasteiger partial charge in [-0.3, -0.25) is 4.79 Å². The van der Waals surface area contributed by atoms with Crippen molar-refractivity contribution in [2.75, 3.05) is 6.54 Å². The van der Waals surface area contributed by atoms with E-state index in [4.69, 9.17) is 5.11 Å². The predicted molar refractivity (Wildman–Crippen MR) is 46.9 cm³/mol. The summed E-state index contributed by atoms with van der Waals surface area (Å²) in [4.78, 5) is 21.6. The highest BCUT2D eigenvalue weighted by Gasteiger charge is 2.58. The van der Waals surface area contributed by atoms with Gasteiger partial charge in [-0.25, -0.2) is 4.79 Å². The minimum absolute atomic E-state index is 0.689. The Morgan fingerprint density at radius 3 is 1.89 bits per heavy atom. The van der Waals surface area contributed by atoms with Gasteiger partial charge in [0, 0.05) is 0 Å². The molecule has 106 valence electrons. The van der Waals surface area contributed by atoms with Crippen LogP contribution in [0.25, 0.3) is 0 Å². The number of hydrogen-bond acceptors (Lipinski definition) is 3. The standard InChI is InChI=1S/C8H10F5NO4/c1-2-6(18,5(16)17)4(15)14-3-7(9,10)8(11,12)13/h18H,2-3H2,1H3,(H,14,15)(H,16,17). The number of aliphatic carboxylic acids is 1. The molecule has 0 rings (SSSR count). The second kappa shape index (κ2) is 5.04.